The number of ether oxygens (including phenoxy) is 1. The predicted molar refractivity (Wildman–Crippen MR) is 153 cm³/mol. The summed E-state index contributed by atoms with van der Waals surface area (Å²) >= 11 is 0.794. The Bertz CT molecular complexity index is 1300. The summed E-state index contributed by atoms with van der Waals surface area (Å²) in [5.41, 5.74) is 13.5. The van der Waals surface area contributed by atoms with Crippen molar-refractivity contribution in [2.45, 2.75) is 64.5 Å². The van der Waals surface area contributed by atoms with E-state index < -0.39 is 17.9 Å². The lowest BCUT2D eigenvalue weighted by Crippen LogP contribution is -2.47. The van der Waals surface area contributed by atoms with Crippen LogP contribution < -0.4 is 26.4 Å². The molecular formula is C29H35N5O4S. The normalized spacial score (nSPS) is 14.4. The zero-order valence-corrected chi connectivity index (χ0v) is 23.1. The van der Waals surface area contributed by atoms with Gasteiger partial charge in [0.05, 0.1) is 12.3 Å². The Morgan fingerprint density at radius 3 is 2.28 bits per heavy atom. The molecule has 1 aromatic heterocycles. The summed E-state index contributed by atoms with van der Waals surface area (Å²) < 4.78 is 9.62. The van der Waals surface area contributed by atoms with Crippen molar-refractivity contribution < 1.29 is 19.1 Å². The van der Waals surface area contributed by atoms with Crippen LogP contribution in [0.2, 0.25) is 0 Å². The minimum atomic E-state index is -1.01. The molecule has 1 fully saturated rings. The van der Waals surface area contributed by atoms with E-state index in [0.29, 0.717) is 23.6 Å². The highest BCUT2D eigenvalue weighted by atomic mass is 32.1. The molecule has 0 aliphatic heterocycles. The third-order valence-electron chi connectivity index (χ3n) is 6.96. The Kier molecular flexibility index (Phi) is 9.19. The number of carbonyl (C=O) groups excluding carboxylic acids is 3. The van der Waals surface area contributed by atoms with Gasteiger partial charge in [-0.3, -0.25) is 19.3 Å². The van der Waals surface area contributed by atoms with Crippen molar-refractivity contribution in [1.82, 2.24) is 9.69 Å². The van der Waals surface area contributed by atoms with Crippen molar-refractivity contribution >= 4 is 40.6 Å². The van der Waals surface area contributed by atoms with Gasteiger partial charge >= 0.3 is 0 Å². The molecule has 0 saturated heterocycles. The monoisotopic (exact) mass is 549 g/mol. The summed E-state index contributed by atoms with van der Waals surface area (Å²) in [4.78, 5) is 41.5. The van der Waals surface area contributed by atoms with Gasteiger partial charge in [0.1, 0.15) is 16.7 Å². The maximum atomic E-state index is 14.2. The van der Waals surface area contributed by atoms with Crippen molar-refractivity contribution in [3.8, 4) is 5.75 Å². The number of carbonyl (C=O) groups is 3. The molecule has 0 spiro atoms. The Morgan fingerprint density at radius 1 is 1.05 bits per heavy atom. The number of nitrogens with two attached hydrogens (primary N) is 2. The van der Waals surface area contributed by atoms with Gasteiger partial charge in [0.25, 0.3) is 11.8 Å². The van der Waals surface area contributed by atoms with Crippen LogP contribution >= 0.6 is 11.5 Å². The molecule has 4 rings (SSSR count). The van der Waals surface area contributed by atoms with Gasteiger partial charge in [-0.15, -0.1) is 0 Å². The van der Waals surface area contributed by atoms with Gasteiger partial charge in [0.2, 0.25) is 5.91 Å². The molecule has 10 heteroatoms. The van der Waals surface area contributed by atoms with Crippen molar-refractivity contribution in [1.29, 1.82) is 0 Å². The van der Waals surface area contributed by atoms with Crippen molar-refractivity contribution in [2.75, 3.05) is 17.2 Å². The van der Waals surface area contributed by atoms with E-state index in [2.05, 4.69) is 9.69 Å². The van der Waals surface area contributed by atoms with E-state index in [4.69, 9.17) is 16.2 Å². The second-order valence-corrected chi connectivity index (χ2v) is 10.4. The number of primary amides is 1. The zero-order chi connectivity index (χ0) is 27.9. The van der Waals surface area contributed by atoms with Crippen LogP contribution in [0.3, 0.4) is 0 Å². The van der Waals surface area contributed by atoms with Crippen LogP contribution in [0.4, 0.5) is 11.4 Å². The van der Waals surface area contributed by atoms with Gasteiger partial charge in [0, 0.05) is 11.7 Å². The van der Waals surface area contributed by atoms with E-state index in [1.165, 1.54) is 4.90 Å². The summed E-state index contributed by atoms with van der Waals surface area (Å²) in [6, 6.07) is 13.7. The number of nitrogens with one attached hydrogen (secondary N) is 1. The lowest BCUT2D eigenvalue weighted by Gasteiger charge is -2.33. The Morgan fingerprint density at radius 2 is 1.72 bits per heavy atom. The Hall–Kier alpha value is -3.92. The lowest BCUT2D eigenvalue weighted by molar-refractivity contribution is -0.123. The highest BCUT2D eigenvalue weighted by Crippen LogP contribution is 2.34. The molecule has 0 unspecified atom stereocenters. The van der Waals surface area contributed by atoms with Crippen LogP contribution in [0.1, 0.15) is 83.3 Å². The van der Waals surface area contributed by atoms with Crippen LogP contribution in [-0.4, -0.2) is 34.7 Å². The summed E-state index contributed by atoms with van der Waals surface area (Å²) in [7, 11) is 0. The van der Waals surface area contributed by atoms with Crippen LogP contribution in [0.5, 0.6) is 5.75 Å². The molecule has 9 nitrogen and oxygen atoms in total. The molecule has 1 saturated carbocycles. The van der Waals surface area contributed by atoms with Gasteiger partial charge in [-0.25, -0.2) is 0 Å². The number of benzene rings is 2. The fourth-order valence-corrected chi connectivity index (χ4v) is 5.61. The topological polar surface area (TPSA) is 141 Å². The first-order valence-corrected chi connectivity index (χ1v) is 14.1. The maximum Gasteiger partial charge on any atom is 0.273 e. The SMILES string of the molecule is CCOc1ccc([C@@H](C(=O)NC2CCCCC2)N(C(=O)c2snc(C(N)=O)c2N)c2ccc(CC)cc2)cc1. The van der Waals surface area contributed by atoms with Crippen LogP contribution in [-0.2, 0) is 11.2 Å². The van der Waals surface area contributed by atoms with Gasteiger partial charge in [0.15, 0.2) is 5.69 Å². The second-order valence-electron chi connectivity index (χ2n) is 9.58. The highest BCUT2D eigenvalue weighted by molar-refractivity contribution is 7.09. The molecule has 5 N–H and O–H groups in total. The number of rotatable bonds is 10. The van der Waals surface area contributed by atoms with Crippen molar-refractivity contribution in [2.24, 2.45) is 5.73 Å². The largest absolute Gasteiger partial charge is 0.494 e. The fourth-order valence-electron chi connectivity index (χ4n) is 4.87. The first kappa shape index (κ1) is 28.1. The second kappa shape index (κ2) is 12.8. The fraction of sp³-hybridized carbons (Fsp3) is 0.379. The van der Waals surface area contributed by atoms with Crippen LogP contribution in [0, 0.1) is 0 Å². The number of aromatic nitrogens is 1. The summed E-state index contributed by atoms with van der Waals surface area (Å²) in [5.74, 6) is -0.993. The van der Waals surface area contributed by atoms with Gasteiger partial charge in [-0.2, -0.15) is 4.37 Å². The molecule has 1 atom stereocenters. The molecule has 2 aromatic carbocycles. The third kappa shape index (κ3) is 6.39. The Balaban J connectivity index is 1.83. The number of anilines is 2. The number of hydrogen-bond donors (Lipinski definition) is 3. The molecule has 206 valence electrons. The smallest absolute Gasteiger partial charge is 0.273 e. The zero-order valence-electron chi connectivity index (χ0n) is 22.3. The first-order valence-electron chi connectivity index (χ1n) is 13.3. The van der Waals surface area contributed by atoms with E-state index in [1.54, 1.807) is 24.3 Å². The van der Waals surface area contributed by atoms with Crippen LogP contribution in [0.25, 0.3) is 0 Å². The number of hydrogen-bond acceptors (Lipinski definition) is 7. The predicted octanol–water partition coefficient (Wildman–Crippen LogP) is 4.62. The highest BCUT2D eigenvalue weighted by Gasteiger charge is 2.37. The molecule has 0 radical (unpaired) electrons. The number of aryl methyl sites for hydroxylation is 1. The summed E-state index contributed by atoms with van der Waals surface area (Å²) in [6.07, 6.45) is 5.86. The van der Waals surface area contributed by atoms with Crippen molar-refractivity contribution in [3.05, 3.63) is 70.2 Å². The molecule has 1 aliphatic carbocycles. The first-order chi connectivity index (χ1) is 18.8. The molecular weight excluding hydrogens is 514 g/mol. The van der Waals surface area contributed by atoms with E-state index in [-0.39, 0.29) is 28.2 Å². The summed E-state index contributed by atoms with van der Waals surface area (Å²) in [6.45, 7) is 4.45. The van der Waals surface area contributed by atoms with Crippen molar-refractivity contribution in [3.63, 3.8) is 0 Å². The van der Waals surface area contributed by atoms with E-state index in [9.17, 15) is 14.4 Å². The summed E-state index contributed by atoms with van der Waals surface area (Å²) in [5, 5.41) is 3.19. The molecule has 0 bridgehead atoms. The van der Waals surface area contributed by atoms with Gasteiger partial charge in [-0.1, -0.05) is 50.5 Å². The molecule has 1 aliphatic rings. The van der Waals surface area contributed by atoms with E-state index in [0.717, 1.165) is 55.6 Å². The number of nitrogen functional groups attached to an aromatic ring is 1. The third-order valence-corrected chi connectivity index (χ3v) is 7.81. The number of nitrogens with zero attached hydrogens (tertiary/aromatic N) is 2. The van der Waals surface area contributed by atoms with Gasteiger partial charge in [-0.05, 0) is 73.1 Å². The average molecular weight is 550 g/mol. The van der Waals surface area contributed by atoms with E-state index in [1.807, 2.05) is 38.1 Å². The molecule has 3 amide bonds. The van der Waals surface area contributed by atoms with Gasteiger partial charge < -0.3 is 21.5 Å². The average Bonchev–Trinajstić information content (AvgIpc) is 3.34. The molecule has 39 heavy (non-hydrogen) atoms. The molecule has 3 aromatic rings. The minimum Gasteiger partial charge on any atom is -0.494 e. The standard InChI is InChI=1S/C29H35N5O4S/c1-3-18-10-14-21(15-11-18)34(29(37)26-23(30)24(27(31)35)33-39-26)25(19-12-16-22(17-13-19)38-4-2)28(36)32-20-8-6-5-7-9-20/h10-17,20,25H,3-9,30H2,1-2H3,(H2,31,35)(H,32,36)/t25-/m0/s1. The quantitative estimate of drug-likeness (QED) is 0.337. The Labute approximate surface area is 232 Å². The number of amides is 3. The minimum absolute atomic E-state index is 0.0332. The van der Waals surface area contributed by atoms with Crippen LogP contribution in [0.15, 0.2) is 48.5 Å². The molecule has 1 heterocycles. The van der Waals surface area contributed by atoms with E-state index >= 15 is 0 Å². The maximum absolute atomic E-state index is 14.2. The lowest BCUT2D eigenvalue weighted by atomic mass is 9.94.